The third kappa shape index (κ3) is 4.74. The Bertz CT molecular complexity index is 1050. The molecule has 4 rings (SSSR count). The van der Waals surface area contributed by atoms with Crippen molar-refractivity contribution in [3.8, 4) is 5.69 Å². The Morgan fingerprint density at radius 3 is 2.77 bits per heavy atom. The predicted molar refractivity (Wildman–Crippen MR) is 112 cm³/mol. The molecule has 0 saturated carbocycles. The van der Waals surface area contributed by atoms with E-state index in [0.717, 1.165) is 30.3 Å². The highest BCUT2D eigenvalue weighted by atomic mass is 19.2. The fourth-order valence-corrected chi connectivity index (χ4v) is 3.54. The summed E-state index contributed by atoms with van der Waals surface area (Å²) in [5.74, 6) is -1.60. The molecule has 1 atom stereocenters. The molecule has 1 saturated heterocycles. The van der Waals surface area contributed by atoms with Gasteiger partial charge < -0.3 is 10.2 Å². The molecule has 154 valence electrons. The van der Waals surface area contributed by atoms with Crippen LogP contribution in [-0.4, -0.2) is 35.3 Å². The highest BCUT2D eigenvalue weighted by Crippen LogP contribution is 2.25. The average Bonchev–Trinajstić information content (AvgIpc) is 3.43. The number of carbonyl (C=O) groups excluding carboxylic acids is 1. The lowest BCUT2D eigenvalue weighted by molar-refractivity contribution is -0.116. The van der Waals surface area contributed by atoms with Crippen LogP contribution in [0.2, 0.25) is 0 Å². The van der Waals surface area contributed by atoms with Gasteiger partial charge in [-0.15, -0.1) is 0 Å². The lowest BCUT2D eigenvalue weighted by Gasteiger charge is -2.19. The number of carbonyl (C=O) groups is 1. The van der Waals surface area contributed by atoms with E-state index in [0.29, 0.717) is 18.8 Å². The van der Waals surface area contributed by atoms with Gasteiger partial charge in [0, 0.05) is 49.2 Å². The maximum Gasteiger partial charge on any atom is 0.244 e. The van der Waals surface area contributed by atoms with Crippen molar-refractivity contribution in [2.75, 3.05) is 24.5 Å². The van der Waals surface area contributed by atoms with Crippen LogP contribution in [0.3, 0.4) is 0 Å². The summed E-state index contributed by atoms with van der Waals surface area (Å²) in [7, 11) is 0. The first-order valence-corrected chi connectivity index (χ1v) is 9.84. The molecule has 5 nitrogen and oxygen atoms in total. The molecule has 0 spiro atoms. The van der Waals surface area contributed by atoms with Crippen LogP contribution in [0.5, 0.6) is 0 Å². The standard InChI is InChI=1S/C23H22F2N4O/c24-21-8-7-20(12-22(21)25)28-11-10-18(15-28)13-26-23(30)9-6-17-14-27-29(16-17)19-4-2-1-3-5-19/h1-9,12,14,16,18H,10-11,13,15H2,(H,26,30)/b9-6+. The first kappa shape index (κ1) is 19.8. The van der Waals surface area contributed by atoms with Crippen molar-refractivity contribution in [1.82, 2.24) is 15.1 Å². The van der Waals surface area contributed by atoms with Gasteiger partial charge in [0.1, 0.15) is 0 Å². The number of hydrogen-bond acceptors (Lipinski definition) is 3. The van der Waals surface area contributed by atoms with E-state index in [1.54, 1.807) is 23.0 Å². The molecule has 2 aromatic carbocycles. The lowest BCUT2D eigenvalue weighted by atomic mass is 10.1. The maximum absolute atomic E-state index is 13.4. The van der Waals surface area contributed by atoms with E-state index in [2.05, 4.69) is 10.4 Å². The summed E-state index contributed by atoms with van der Waals surface area (Å²) >= 11 is 0. The second-order valence-electron chi connectivity index (χ2n) is 7.33. The molecular formula is C23H22F2N4O. The molecule has 7 heteroatoms. The van der Waals surface area contributed by atoms with Gasteiger partial charge in [0.2, 0.25) is 5.91 Å². The van der Waals surface area contributed by atoms with Crippen LogP contribution in [0.4, 0.5) is 14.5 Å². The Balaban J connectivity index is 1.26. The van der Waals surface area contributed by atoms with Gasteiger partial charge in [-0.1, -0.05) is 18.2 Å². The topological polar surface area (TPSA) is 50.2 Å². The fourth-order valence-electron chi connectivity index (χ4n) is 3.54. The summed E-state index contributed by atoms with van der Waals surface area (Å²) in [6.07, 6.45) is 7.66. The van der Waals surface area contributed by atoms with E-state index < -0.39 is 11.6 Å². The number of para-hydroxylation sites is 1. The normalized spacial score (nSPS) is 16.3. The number of aromatic nitrogens is 2. The first-order chi connectivity index (χ1) is 14.6. The fraction of sp³-hybridized carbons (Fsp3) is 0.217. The van der Waals surface area contributed by atoms with E-state index in [1.165, 1.54) is 12.1 Å². The van der Waals surface area contributed by atoms with Crippen LogP contribution in [0.1, 0.15) is 12.0 Å². The summed E-state index contributed by atoms with van der Waals surface area (Å²) < 4.78 is 28.3. The minimum absolute atomic E-state index is 0.172. The van der Waals surface area contributed by atoms with Crippen LogP contribution in [0.15, 0.2) is 67.0 Å². The van der Waals surface area contributed by atoms with Gasteiger partial charge in [0.15, 0.2) is 11.6 Å². The molecule has 1 unspecified atom stereocenters. The van der Waals surface area contributed by atoms with Crippen molar-refractivity contribution in [3.05, 3.63) is 84.2 Å². The van der Waals surface area contributed by atoms with E-state index in [-0.39, 0.29) is 11.8 Å². The van der Waals surface area contributed by atoms with Crippen molar-refractivity contribution in [2.24, 2.45) is 5.92 Å². The molecule has 1 fully saturated rings. The second-order valence-corrected chi connectivity index (χ2v) is 7.33. The number of rotatable bonds is 6. The molecule has 2 heterocycles. The van der Waals surface area contributed by atoms with Crippen LogP contribution < -0.4 is 10.2 Å². The number of halogens is 2. The highest BCUT2D eigenvalue weighted by molar-refractivity contribution is 5.91. The van der Waals surface area contributed by atoms with Crippen LogP contribution in [0, 0.1) is 17.6 Å². The number of hydrogen-bond donors (Lipinski definition) is 1. The van der Waals surface area contributed by atoms with Crippen molar-refractivity contribution in [3.63, 3.8) is 0 Å². The first-order valence-electron chi connectivity index (χ1n) is 9.84. The molecule has 1 amide bonds. The zero-order chi connectivity index (χ0) is 20.9. The average molecular weight is 408 g/mol. The van der Waals surface area contributed by atoms with Crippen molar-refractivity contribution >= 4 is 17.7 Å². The summed E-state index contributed by atoms with van der Waals surface area (Å²) in [5, 5.41) is 7.21. The van der Waals surface area contributed by atoms with Crippen LogP contribution >= 0.6 is 0 Å². The quantitative estimate of drug-likeness (QED) is 0.631. The molecule has 3 aromatic rings. The smallest absolute Gasteiger partial charge is 0.244 e. The number of benzene rings is 2. The predicted octanol–water partition coefficient (Wildman–Crippen LogP) is 3.81. The second kappa shape index (κ2) is 8.90. The Hall–Kier alpha value is -3.48. The number of nitrogens with zero attached hydrogens (tertiary/aromatic N) is 3. The Labute approximate surface area is 173 Å². The van der Waals surface area contributed by atoms with E-state index in [4.69, 9.17) is 0 Å². The van der Waals surface area contributed by atoms with Gasteiger partial charge in [-0.25, -0.2) is 13.5 Å². The SMILES string of the molecule is O=C(/C=C/c1cnn(-c2ccccc2)c1)NCC1CCN(c2ccc(F)c(F)c2)C1. The zero-order valence-corrected chi connectivity index (χ0v) is 16.3. The van der Waals surface area contributed by atoms with Gasteiger partial charge in [-0.2, -0.15) is 5.10 Å². The lowest BCUT2D eigenvalue weighted by Crippen LogP contribution is -2.29. The molecule has 30 heavy (non-hydrogen) atoms. The molecule has 1 aromatic heterocycles. The summed E-state index contributed by atoms with van der Waals surface area (Å²) in [5.41, 5.74) is 2.45. The third-order valence-corrected chi connectivity index (χ3v) is 5.17. The van der Waals surface area contributed by atoms with Crippen LogP contribution in [0.25, 0.3) is 11.8 Å². The van der Waals surface area contributed by atoms with Crippen molar-refractivity contribution in [2.45, 2.75) is 6.42 Å². The van der Waals surface area contributed by atoms with E-state index in [9.17, 15) is 13.6 Å². The van der Waals surface area contributed by atoms with Gasteiger partial charge in [0.25, 0.3) is 0 Å². The molecule has 0 radical (unpaired) electrons. The van der Waals surface area contributed by atoms with E-state index >= 15 is 0 Å². The van der Waals surface area contributed by atoms with E-state index in [1.807, 2.05) is 41.4 Å². The van der Waals surface area contributed by atoms with Gasteiger partial charge in [-0.3, -0.25) is 4.79 Å². The minimum Gasteiger partial charge on any atom is -0.371 e. The van der Waals surface area contributed by atoms with Gasteiger partial charge in [0.05, 0.1) is 11.9 Å². The third-order valence-electron chi connectivity index (χ3n) is 5.17. The molecular weight excluding hydrogens is 386 g/mol. The molecule has 0 bridgehead atoms. The monoisotopic (exact) mass is 408 g/mol. The van der Waals surface area contributed by atoms with Crippen molar-refractivity contribution in [1.29, 1.82) is 0 Å². The molecule has 1 aliphatic heterocycles. The number of anilines is 1. The Morgan fingerprint density at radius 1 is 1.13 bits per heavy atom. The zero-order valence-electron chi connectivity index (χ0n) is 16.3. The molecule has 1 aliphatic rings. The summed E-state index contributed by atoms with van der Waals surface area (Å²) in [6, 6.07) is 13.7. The number of amides is 1. The summed E-state index contributed by atoms with van der Waals surface area (Å²) in [4.78, 5) is 14.2. The largest absolute Gasteiger partial charge is 0.371 e. The minimum atomic E-state index is -0.845. The van der Waals surface area contributed by atoms with Crippen LogP contribution in [-0.2, 0) is 4.79 Å². The maximum atomic E-state index is 13.4. The molecule has 1 N–H and O–H groups in total. The summed E-state index contributed by atoms with van der Waals surface area (Å²) in [6.45, 7) is 1.98. The molecule has 0 aliphatic carbocycles. The highest BCUT2D eigenvalue weighted by Gasteiger charge is 2.23. The van der Waals surface area contributed by atoms with Gasteiger partial charge >= 0.3 is 0 Å². The Kier molecular flexibility index (Phi) is 5.88. The van der Waals surface area contributed by atoms with Gasteiger partial charge in [-0.05, 0) is 42.7 Å². The Morgan fingerprint density at radius 2 is 1.97 bits per heavy atom. The number of nitrogens with one attached hydrogen (secondary N) is 1. The van der Waals surface area contributed by atoms with Crippen molar-refractivity contribution < 1.29 is 13.6 Å².